The maximum atomic E-state index is 5.99. The number of rotatable bonds is 4. The third-order valence-corrected chi connectivity index (χ3v) is 4.03. The molecule has 0 amide bonds. The van der Waals surface area contributed by atoms with Crippen molar-refractivity contribution < 1.29 is 4.74 Å². The summed E-state index contributed by atoms with van der Waals surface area (Å²) in [4.78, 5) is 1.06. The monoisotopic (exact) mass is 259 g/mol. The fraction of sp³-hybridized carbons (Fsp3) is 0.200. The second-order valence-corrected chi connectivity index (χ2v) is 5.46. The highest BCUT2D eigenvalue weighted by molar-refractivity contribution is 7.99. The van der Waals surface area contributed by atoms with Gasteiger partial charge in [0.25, 0.3) is 0 Å². The summed E-state index contributed by atoms with van der Waals surface area (Å²) < 4.78 is 5.23. The first-order valence-corrected chi connectivity index (χ1v) is 6.74. The van der Waals surface area contributed by atoms with Crippen LogP contribution in [0.25, 0.3) is 0 Å². The van der Waals surface area contributed by atoms with Crippen LogP contribution < -0.4 is 10.5 Å². The van der Waals surface area contributed by atoms with Crippen LogP contribution in [0, 0.1) is 0 Å². The van der Waals surface area contributed by atoms with E-state index in [4.69, 9.17) is 10.5 Å². The number of benzene rings is 2. The van der Waals surface area contributed by atoms with Crippen LogP contribution in [0.15, 0.2) is 53.4 Å². The molecule has 3 heteroatoms. The zero-order valence-corrected chi connectivity index (χ0v) is 11.4. The molecule has 0 bridgehead atoms. The number of methoxy groups -OCH3 is 1. The van der Waals surface area contributed by atoms with Gasteiger partial charge in [0.2, 0.25) is 0 Å². The summed E-state index contributed by atoms with van der Waals surface area (Å²) in [5.74, 6) is 0.840. The van der Waals surface area contributed by atoms with Gasteiger partial charge in [0.1, 0.15) is 5.75 Å². The van der Waals surface area contributed by atoms with Crippen molar-refractivity contribution in [3.8, 4) is 5.75 Å². The number of nitrogen functional groups attached to an aromatic ring is 1. The number of anilines is 1. The van der Waals surface area contributed by atoms with Gasteiger partial charge in [-0.05, 0) is 30.7 Å². The molecule has 2 N–H and O–H groups in total. The molecule has 2 aromatic carbocycles. The van der Waals surface area contributed by atoms with Crippen LogP contribution in [0.5, 0.6) is 5.75 Å². The molecule has 18 heavy (non-hydrogen) atoms. The Labute approximate surface area is 112 Å². The maximum Gasteiger partial charge on any atom is 0.120 e. The average molecular weight is 259 g/mol. The van der Waals surface area contributed by atoms with E-state index in [1.807, 2.05) is 24.3 Å². The predicted molar refractivity (Wildman–Crippen MR) is 78.1 cm³/mol. The number of hydrogen-bond donors (Lipinski definition) is 1. The minimum Gasteiger partial charge on any atom is -0.497 e. The Balaban J connectivity index is 2.18. The summed E-state index contributed by atoms with van der Waals surface area (Å²) >= 11 is 1.75. The van der Waals surface area contributed by atoms with Crippen molar-refractivity contribution in [1.29, 1.82) is 0 Å². The van der Waals surface area contributed by atoms with E-state index >= 15 is 0 Å². The van der Waals surface area contributed by atoms with Crippen molar-refractivity contribution in [2.75, 3.05) is 12.8 Å². The van der Waals surface area contributed by atoms with Crippen LogP contribution in [0.4, 0.5) is 5.69 Å². The molecule has 2 nitrogen and oxygen atoms in total. The van der Waals surface area contributed by atoms with E-state index in [2.05, 4.69) is 31.2 Å². The third kappa shape index (κ3) is 2.99. The Morgan fingerprint density at radius 2 is 1.83 bits per heavy atom. The van der Waals surface area contributed by atoms with Gasteiger partial charge < -0.3 is 10.5 Å². The van der Waals surface area contributed by atoms with Crippen molar-refractivity contribution in [2.24, 2.45) is 0 Å². The van der Waals surface area contributed by atoms with Crippen LogP contribution in [0.2, 0.25) is 0 Å². The SMILES string of the molecule is COc1ccc(N)c(SC(C)c2ccccc2)c1. The largest absolute Gasteiger partial charge is 0.497 e. The van der Waals surface area contributed by atoms with E-state index in [-0.39, 0.29) is 0 Å². The first kappa shape index (κ1) is 12.8. The van der Waals surface area contributed by atoms with Crippen LogP contribution >= 0.6 is 11.8 Å². The quantitative estimate of drug-likeness (QED) is 0.662. The van der Waals surface area contributed by atoms with Crippen LogP contribution in [-0.4, -0.2) is 7.11 Å². The minimum absolute atomic E-state index is 0.362. The Hall–Kier alpha value is -1.61. The fourth-order valence-electron chi connectivity index (χ4n) is 1.73. The molecule has 0 aliphatic heterocycles. The molecular weight excluding hydrogens is 242 g/mol. The van der Waals surface area contributed by atoms with E-state index < -0.39 is 0 Å². The van der Waals surface area contributed by atoms with E-state index in [9.17, 15) is 0 Å². The second kappa shape index (κ2) is 5.83. The summed E-state index contributed by atoms with van der Waals surface area (Å²) in [5.41, 5.74) is 8.09. The molecule has 0 aliphatic rings. The first-order valence-electron chi connectivity index (χ1n) is 5.86. The van der Waals surface area contributed by atoms with Gasteiger partial charge in [-0.3, -0.25) is 0 Å². The minimum atomic E-state index is 0.362. The lowest BCUT2D eigenvalue weighted by molar-refractivity contribution is 0.414. The van der Waals surface area contributed by atoms with Gasteiger partial charge in [-0.2, -0.15) is 0 Å². The highest BCUT2D eigenvalue weighted by Crippen LogP contribution is 2.39. The Morgan fingerprint density at radius 3 is 2.50 bits per heavy atom. The highest BCUT2D eigenvalue weighted by atomic mass is 32.2. The van der Waals surface area contributed by atoms with E-state index in [1.54, 1.807) is 18.9 Å². The van der Waals surface area contributed by atoms with Crippen molar-refractivity contribution >= 4 is 17.4 Å². The van der Waals surface area contributed by atoms with Crippen LogP contribution in [0.3, 0.4) is 0 Å². The molecule has 2 rings (SSSR count). The molecule has 1 atom stereocenters. The van der Waals surface area contributed by atoms with Crippen molar-refractivity contribution in [3.63, 3.8) is 0 Å². The molecular formula is C15H17NOS. The summed E-state index contributed by atoms with van der Waals surface area (Å²) in [6, 6.07) is 16.2. The molecule has 0 saturated carbocycles. The number of thioether (sulfide) groups is 1. The molecule has 0 heterocycles. The van der Waals surface area contributed by atoms with Gasteiger partial charge in [-0.1, -0.05) is 30.3 Å². The van der Waals surface area contributed by atoms with Gasteiger partial charge >= 0.3 is 0 Å². The average Bonchev–Trinajstić information content (AvgIpc) is 2.42. The Kier molecular flexibility index (Phi) is 4.15. The number of nitrogens with two attached hydrogens (primary N) is 1. The Morgan fingerprint density at radius 1 is 1.11 bits per heavy atom. The van der Waals surface area contributed by atoms with Crippen LogP contribution in [0.1, 0.15) is 17.7 Å². The summed E-state index contributed by atoms with van der Waals surface area (Å²) in [7, 11) is 1.67. The Bertz CT molecular complexity index is 513. The van der Waals surface area contributed by atoms with Crippen molar-refractivity contribution in [3.05, 3.63) is 54.1 Å². The van der Waals surface area contributed by atoms with Crippen molar-refractivity contribution in [1.82, 2.24) is 0 Å². The predicted octanol–water partition coefficient (Wildman–Crippen LogP) is 4.13. The van der Waals surface area contributed by atoms with Gasteiger partial charge in [0, 0.05) is 15.8 Å². The molecule has 2 aromatic rings. The smallest absolute Gasteiger partial charge is 0.120 e. The summed E-state index contributed by atoms with van der Waals surface area (Å²) in [5, 5.41) is 0.362. The molecule has 1 unspecified atom stereocenters. The topological polar surface area (TPSA) is 35.2 Å². The molecule has 94 valence electrons. The lowest BCUT2D eigenvalue weighted by atomic mass is 10.2. The maximum absolute atomic E-state index is 5.99. The third-order valence-electron chi connectivity index (χ3n) is 2.79. The molecule has 0 fully saturated rings. The number of ether oxygens (including phenoxy) is 1. The normalized spacial score (nSPS) is 12.1. The molecule has 0 saturated heterocycles. The van der Waals surface area contributed by atoms with Gasteiger partial charge in [-0.15, -0.1) is 11.8 Å². The van der Waals surface area contributed by atoms with Crippen LogP contribution in [-0.2, 0) is 0 Å². The molecule has 0 aromatic heterocycles. The first-order chi connectivity index (χ1) is 8.70. The lowest BCUT2D eigenvalue weighted by Crippen LogP contribution is -1.93. The van der Waals surface area contributed by atoms with Gasteiger partial charge in [-0.25, -0.2) is 0 Å². The summed E-state index contributed by atoms with van der Waals surface area (Å²) in [6.07, 6.45) is 0. The van der Waals surface area contributed by atoms with E-state index in [0.717, 1.165) is 16.3 Å². The zero-order chi connectivity index (χ0) is 13.0. The fourth-order valence-corrected chi connectivity index (χ4v) is 2.79. The van der Waals surface area contributed by atoms with E-state index in [1.165, 1.54) is 5.56 Å². The number of hydrogen-bond acceptors (Lipinski definition) is 3. The zero-order valence-electron chi connectivity index (χ0n) is 10.6. The van der Waals surface area contributed by atoms with Gasteiger partial charge in [0.05, 0.1) is 7.11 Å². The highest BCUT2D eigenvalue weighted by Gasteiger charge is 2.10. The second-order valence-electron chi connectivity index (χ2n) is 4.07. The summed E-state index contributed by atoms with van der Waals surface area (Å²) in [6.45, 7) is 2.18. The van der Waals surface area contributed by atoms with Crippen molar-refractivity contribution in [2.45, 2.75) is 17.1 Å². The molecule has 0 aliphatic carbocycles. The van der Waals surface area contributed by atoms with E-state index in [0.29, 0.717) is 5.25 Å². The standard InChI is InChI=1S/C15H17NOS/c1-11(12-6-4-3-5-7-12)18-15-10-13(17-2)8-9-14(15)16/h3-11H,16H2,1-2H3. The lowest BCUT2D eigenvalue weighted by Gasteiger charge is -2.14. The molecule has 0 spiro atoms. The molecule has 0 radical (unpaired) electrons. The van der Waals surface area contributed by atoms with Gasteiger partial charge in [0.15, 0.2) is 0 Å².